The molecule has 1 aliphatic heterocycles. The molecule has 2 heterocycles. The summed E-state index contributed by atoms with van der Waals surface area (Å²) in [7, 11) is 2.09. The summed E-state index contributed by atoms with van der Waals surface area (Å²) in [4.78, 5) is 28.1. The summed E-state index contributed by atoms with van der Waals surface area (Å²) in [5.41, 5.74) is 10.9. The summed E-state index contributed by atoms with van der Waals surface area (Å²) in [6, 6.07) is 44.6. The smallest absolute Gasteiger partial charge is 0.248 e. The zero-order valence-electron chi connectivity index (χ0n) is 26.3. The number of carbonyl (C=O) groups excluding carboxylic acids is 2. The molecular weight excluding hydrogens is 582 g/mol. The van der Waals surface area contributed by atoms with Gasteiger partial charge in [0.2, 0.25) is 11.8 Å². The molecule has 47 heavy (non-hydrogen) atoms. The summed E-state index contributed by atoms with van der Waals surface area (Å²) in [5.74, 6) is -0.0892. The lowest BCUT2D eigenvalue weighted by atomic mass is 9.77. The molecule has 0 unspecified atom stereocenters. The van der Waals surface area contributed by atoms with Crippen molar-refractivity contribution in [3.8, 4) is 11.1 Å². The van der Waals surface area contributed by atoms with Crippen molar-refractivity contribution in [2.45, 2.75) is 18.4 Å². The molecule has 1 aromatic heterocycles. The second-order valence-electron chi connectivity index (χ2n) is 12.3. The van der Waals surface area contributed by atoms with E-state index in [9.17, 15) is 9.59 Å². The largest absolute Gasteiger partial charge is 0.366 e. The molecule has 6 aromatic rings. The highest BCUT2D eigenvalue weighted by Gasteiger charge is 2.41. The van der Waals surface area contributed by atoms with Gasteiger partial charge in [0, 0.05) is 16.9 Å². The van der Waals surface area contributed by atoms with Crippen LogP contribution < -0.4 is 11.1 Å². The van der Waals surface area contributed by atoms with Gasteiger partial charge in [-0.3, -0.25) is 9.59 Å². The van der Waals surface area contributed by atoms with Gasteiger partial charge in [-0.25, -0.2) is 4.68 Å². The van der Waals surface area contributed by atoms with E-state index in [-0.39, 0.29) is 11.8 Å². The van der Waals surface area contributed by atoms with Gasteiger partial charge in [0.05, 0.1) is 5.52 Å². The number of piperidine rings is 1. The van der Waals surface area contributed by atoms with E-state index in [4.69, 9.17) is 10.8 Å². The van der Waals surface area contributed by atoms with Crippen molar-refractivity contribution in [3.05, 3.63) is 156 Å². The second kappa shape index (κ2) is 12.7. The highest BCUT2D eigenvalue weighted by molar-refractivity contribution is 6.02. The quantitative estimate of drug-likeness (QED) is 0.181. The molecule has 5 aromatic carbocycles. The van der Waals surface area contributed by atoms with Crippen LogP contribution in [0.4, 0.5) is 5.82 Å². The molecule has 0 atom stereocenters. The Hall–Kier alpha value is -5.53. The first-order valence-corrected chi connectivity index (χ1v) is 16.0. The van der Waals surface area contributed by atoms with Crippen molar-refractivity contribution in [2.24, 2.45) is 11.7 Å². The van der Waals surface area contributed by atoms with Crippen molar-refractivity contribution in [1.29, 1.82) is 0 Å². The van der Waals surface area contributed by atoms with E-state index in [0.717, 1.165) is 64.7 Å². The van der Waals surface area contributed by atoms with Gasteiger partial charge in [0.25, 0.3) is 0 Å². The Bertz CT molecular complexity index is 1940. The monoisotopic (exact) mass is 619 g/mol. The Labute approximate surface area is 274 Å². The van der Waals surface area contributed by atoms with Gasteiger partial charge in [-0.05, 0) is 85.1 Å². The molecule has 1 aliphatic rings. The molecule has 0 aliphatic carbocycles. The number of nitrogens with two attached hydrogens (primary N) is 1. The highest BCUT2D eigenvalue weighted by Crippen LogP contribution is 2.44. The van der Waals surface area contributed by atoms with Crippen LogP contribution in [0.5, 0.6) is 0 Å². The van der Waals surface area contributed by atoms with Crippen LogP contribution in [0.15, 0.2) is 133 Å². The molecule has 0 radical (unpaired) electrons. The maximum atomic E-state index is 13.8. The fourth-order valence-electron chi connectivity index (χ4n) is 6.89. The van der Waals surface area contributed by atoms with Crippen molar-refractivity contribution < 1.29 is 9.59 Å². The normalized spacial score (nSPS) is 14.2. The van der Waals surface area contributed by atoms with Crippen LogP contribution in [-0.2, 0) is 10.3 Å². The van der Waals surface area contributed by atoms with Gasteiger partial charge in [-0.1, -0.05) is 109 Å². The first-order valence-electron chi connectivity index (χ1n) is 16.0. The second-order valence-corrected chi connectivity index (χ2v) is 12.3. The van der Waals surface area contributed by atoms with E-state index in [0.29, 0.717) is 11.4 Å². The average Bonchev–Trinajstić information content (AvgIpc) is 3.47. The molecule has 234 valence electrons. The van der Waals surface area contributed by atoms with E-state index < -0.39 is 11.4 Å². The number of fused-ring (bicyclic) bond motifs is 1. The predicted octanol–water partition coefficient (Wildman–Crippen LogP) is 6.92. The summed E-state index contributed by atoms with van der Waals surface area (Å²) in [6.45, 7) is 1.76. The summed E-state index contributed by atoms with van der Waals surface area (Å²) in [6.07, 6.45) is 1.60. The number of rotatable bonds is 8. The van der Waals surface area contributed by atoms with Crippen LogP contribution >= 0.6 is 0 Å². The molecule has 1 saturated heterocycles. The topological polar surface area (TPSA) is 93.2 Å². The van der Waals surface area contributed by atoms with Crippen molar-refractivity contribution in [2.75, 3.05) is 25.5 Å². The van der Waals surface area contributed by atoms with E-state index in [1.165, 1.54) is 0 Å². The third kappa shape index (κ3) is 5.59. The number of benzene rings is 5. The third-order valence-electron chi connectivity index (χ3n) is 9.38. The summed E-state index contributed by atoms with van der Waals surface area (Å²) >= 11 is 0. The van der Waals surface area contributed by atoms with Crippen LogP contribution in [0.1, 0.15) is 39.9 Å². The molecule has 1 fully saturated rings. The Balaban J connectivity index is 1.49. The molecule has 7 nitrogen and oxygen atoms in total. The number of hydrogen-bond acceptors (Lipinski definition) is 4. The number of aromatic nitrogens is 2. The lowest BCUT2D eigenvalue weighted by Gasteiger charge is -2.37. The molecule has 2 amide bonds. The Morgan fingerprint density at radius 2 is 1.28 bits per heavy atom. The maximum absolute atomic E-state index is 13.8. The predicted molar refractivity (Wildman–Crippen MR) is 187 cm³/mol. The summed E-state index contributed by atoms with van der Waals surface area (Å²) < 4.78 is 2.07. The van der Waals surface area contributed by atoms with Gasteiger partial charge in [-0.15, -0.1) is 0 Å². The lowest BCUT2D eigenvalue weighted by Crippen LogP contribution is -2.39. The van der Waals surface area contributed by atoms with Crippen LogP contribution in [0.2, 0.25) is 0 Å². The molecule has 0 spiro atoms. The van der Waals surface area contributed by atoms with Crippen LogP contribution in [0.3, 0.4) is 0 Å². The molecular formula is C40H37N5O2. The number of anilines is 1. The maximum Gasteiger partial charge on any atom is 0.248 e. The minimum atomic E-state index is -0.869. The third-order valence-corrected chi connectivity index (χ3v) is 9.38. The minimum absolute atomic E-state index is 0.0180. The fraction of sp³-hybridized carbons (Fsp3) is 0.175. The van der Waals surface area contributed by atoms with Crippen LogP contribution in [-0.4, -0.2) is 46.6 Å². The number of carbonyl (C=O) groups is 2. The number of primary amides is 1. The van der Waals surface area contributed by atoms with Crippen LogP contribution in [0.25, 0.3) is 22.0 Å². The zero-order valence-corrected chi connectivity index (χ0v) is 26.3. The first kappa shape index (κ1) is 30.1. The number of nitrogens with zero attached hydrogens (tertiary/aromatic N) is 3. The van der Waals surface area contributed by atoms with Crippen molar-refractivity contribution in [3.63, 3.8) is 0 Å². The lowest BCUT2D eigenvalue weighted by molar-refractivity contribution is -0.121. The van der Waals surface area contributed by atoms with Gasteiger partial charge in [0.1, 0.15) is 5.54 Å². The first-order chi connectivity index (χ1) is 22.9. The van der Waals surface area contributed by atoms with Crippen molar-refractivity contribution >= 4 is 28.5 Å². The van der Waals surface area contributed by atoms with Crippen molar-refractivity contribution in [1.82, 2.24) is 14.7 Å². The number of hydrogen-bond donors (Lipinski definition) is 2. The summed E-state index contributed by atoms with van der Waals surface area (Å²) in [5, 5.41) is 9.39. The fourth-order valence-corrected chi connectivity index (χ4v) is 6.89. The van der Waals surface area contributed by atoms with E-state index in [2.05, 4.69) is 70.5 Å². The van der Waals surface area contributed by atoms with Gasteiger partial charge < -0.3 is 16.0 Å². The number of nitrogens with one attached hydrogen (secondary N) is 1. The van der Waals surface area contributed by atoms with Gasteiger partial charge in [-0.2, -0.15) is 5.10 Å². The van der Waals surface area contributed by atoms with Gasteiger partial charge in [0.15, 0.2) is 5.82 Å². The Morgan fingerprint density at radius 3 is 1.83 bits per heavy atom. The average molecular weight is 620 g/mol. The van der Waals surface area contributed by atoms with Crippen LogP contribution in [0, 0.1) is 5.92 Å². The van der Waals surface area contributed by atoms with Gasteiger partial charge >= 0.3 is 0 Å². The SMILES string of the molecule is CN1CCC(C(=O)Nc2nn(C(c3ccccc3)(c3ccccc3)c3ccccc3)c3ccc(-c4cccc(C(N)=O)c4)cc23)CC1. The molecule has 7 rings (SSSR count). The molecule has 0 saturated carbocycles. The molecule has 3 N–H and O–H groups in total. The Morgan fingerprint density at radius 1 is 0.723 bits per heavy atom. The number of amides is 2. The highest BCUT2D eigenvalue weighted by atomic mass is 16.2. The molecule has 7 heteroatoms. The minimum Gasteiger partial charge on any atom is -0.366 e. The standard InChI is InChI=1S/C40H37N5O2/c1-44-24-22-28(23-25-44)39(47)42-38-35-27-30(29-12-11-13-31(26-29)37(41)46)20-21-36(35)45(43-38)40(32-14-5-2-6-15-32,33-16-7-3-8-17-33)34-18-9-4-10-19-34/h2-21,26-28H,22-25H2,1H3,(H2,41,46)(H,42,43,47). The molecule has 0 bridgehead atoms. The van der Waals surface area contributed by atoms with E-state index in [1.54, 1.807) is 12.1 Å². The zero-order chi connectivity index (χ0) is 32.4. The van der Waals surface area contributed by atoms with E-state index in [1.807, 2.05) is 72.8 Å². The van der Waals surface area contributed by atoms with E-state index >= 15 is 0 Å². The Kier molecular flexibility index (Phi) is 8.14. The number of likely N-dealkylation sites (tertiary alicyclic amines) is 1.